The zero-order valence-electron chi connectivity index (χ0n) is 12.5. The predicted octanol–water partition coefficient (Wildman–Crippen LogP) is 3.53. The second kappa shape index (κ2) is 7.15. The molecular formula is C17H23N3. The fourth-order valence-electron chi connectivity index (χ4n) is 2.34. The number of benzene rings is 1. The summed E-state index contributed by atoms with van der Waals surface area (Å²) in [6.45, 7) is 7.43. The fraction of sp³-hybridized carbons (Fsp3) is 0.412. The lowest BCUT2D eigenvalue weighted by Crippen LogP contribution is -2.25. The van der Waals surface area contributed by atoms with Gasteiger partial charge in [0.1, 0.15) is 6.33 Å². The Balaban J connectivity index is 2.06. The van der Waals surface area contributed by atoms with Crippen molar-refractivity contribution in [2.75, 3.05) is 0 Å². The van der Waals surface area contributed by atoms with Gasteiger partial charge in [-0.15, -0.1) is 0 Å². The van der Waals surface area contributed by atoms with E-state index in [1.807, 2.05) is 6.07 Å². The summed E-state index contributed by atoms with van der Waals surface area (Å²) in [5.74, 6) is 0.532. The average molecular weight is 269 g/mol. The van der Waals surface area contributed by atoms with Crippen molar-refractivity contribution in [2.45, 2.75) is 39.8 Å². The minimum atomic E-state index is 0.343. The highest BCUT2D eigenvalue weighted by molar-refractivity contribution is 5.25. The number of hydrogen-bond donors (Lipinski definition) is 1. The van der Waals surface area contributed by atoms with Gasteiger partial charge in [0.15, 0.2) is 0 Å². The van der Waals surface area contributed by atoms with Crippen LogP contribution in [0.3, 0.4) is 0 Å². The van der Waals surface area contributed by atoms with Gasteiger partial charge in [-0.25, -0.2) is 9.97 Å². The molecule has 0 fully saturated rings. The summed E-state index contributed by atoms with van der Waals surface area (Å²) < 4.78 is 0. The Labute approximate surface area is 121 Å². The van der Waals surface area contributed by atoms with E-state index in [0.29, 0.717) is 12.0 Å². The molecule has 0 aliphatic carbocycles. The van der Waals surface area contributed by atoms with Gasteiger partial charge in [-0.1, -0.05) is 45.0 Å². The van der Waals surface area contributed by atoms with E-state index in [1.54, 1.807) is 12.5 Å². The molecule has 1 N–H and O–H groups in total. The van der Waals surface area contributed by atoms with Crippen molar-refractivity contribution >= 4 is 0 Å². The van der Waals surface area contributed by atoms with Gasteiger partial charge < -0.3 is 5.32 Å². The summed E-state index contributed by atoms with van der Waals surface area (Å²) in [7, 11) is 0. The van der Waals surface area contributed by atoms with Crippen LogP contribution in [0.15, 0.2) is 42.9 Å². The van der Waals surface area contributed by atoms with Crippen LogP contribution < -0.4 is 5.32 Å². The van der Waals surface area contributed by atoms with E-state index in [0.717, 1.165) is 18.7 Å². The first-order chi connectivity index (χ1) is 9.70. The summed E-state index contributed by atoms with van der Waals surface area (Å²) in [5.41, 5.74) is 3.74. The molecule has 0 radical (unpaired) electrons. The number of aryl methyl sites for hydroxylation is 1. The summed E-state index contributed by atoms with van der Waals surface area (Å²) in [4.78, 5) is 8.20. The molecule has 1 heterocycles. The Kier molecular flexibility index (Phi) is 5.24. The van der Waals surface area contributed by atoms with Crippen LogP contribution in [0.1, 0.15) is 43.6 Å². The summed E-state index contributed by atoms with van der Waals surface area (Å²) in [6.07, 6.45) is 4.46. The molecule has 0 aliphatic heterocycles. The summed E-state index contributed by atoms with van der Waals surface area (Å²) in [5, 5.41) is 3.60. The van der Waals surface area contributed by atoms with Crippen LogP contribution in [0.5, 0.6) is 0 Å². The molecule has 0 spiro atoms. The van der Waals surface area contributed by atoms with E-state index >= 15 is 0 Å². The highest BCUT2D eigenvalue weighted by Crippen LogP contribution is 2.22. The third kappa shape index (κ3) is 3.87. The maximum Gasteiger partial charge on any atom is 0.115 e. The maximum absolute atomic E-state index is 4.26. The number of nitrogens with zero attached hydrogens (tertiary/aromatic N) is 2. The zero-order chi connectivity index (χ0) is 14.4. The van der Waals surface area contributed by atoms with E-state index < -0.39 is 0 Å². The lowest BCUT2D eigenvalue weighted by Gasteiger charge is -2.23. The van der Waals surface area contributed by atoms with Crippen molar-refractivity contribution in [1.29, 1.82) is 0 Å². The molecule has 20 heavy (non-hydrogen) atoms. The molecule has 0 amide bonds. The molecule has 1 unspecified atom stereocenters. The molecule has 2 rings (SSSR count). The third-order valence-corrected chi connectivity index (χ3v) is 3.56. The van der Waals surface area contributed by atoms with Gasteiger partial charge in [0.25, 0.3) is 0 Å². The molecule has 0 saturated carbocycles. The molecule has 2 aromatic rings. The third-order valence-electron chi connectivity index (χ3n) is 3.56. The molecule has 1 aromatic carbocycles. The van der Waals surface area contributed by atoms with Crippen LogP contribution in [-0.4, -0.2) is 9.97 Å². The summed E-state index contributed by atoms with van der Waals surface area (Å²) >= 11 is 0. The van der Waals surface area contributed by atoms with Crippen molar-refractivity contribution < 1.29 is 0 Å². The van der Waals surface area contributed by atoms with E-state index in [2.05, 4.69) is 60.3 Å². The van der Waals surface area contributed by atoms with Gasteiger partial charge in [0.05, 0.1) is 5.69 Å². The topological polar surface area (TPSA) is 37.8 Å². The largest absolute Gasteiger partial charge is 0.304 e. The van der Waals surface area contributed by atoms with Crippen LogP contribution in [0.2, 0.25) is 0 Å². The molecule has 0 aliphatic rings. The molecule has 0 saturated heterocycles. The number of aromatic nitrogens is 2. The van der Waals surface area contributed by atoms with Gasteiger partial charge in [-0.2, -0.15) is 0 Å². The fourth-order valence-corrected chi connectivity index (χ4v) is 2.34. The van der Waals surface area contributed by atoms with Crippen molar-refractivity contribution in [3.63, 3.8) is 0 Å². The quantitative estimate of drug-likeness (QED) is 0.872. The average Bonchev–Trinajstić information content (AvgIpc) is 2.49. The lowest BCUT2D eigenvalue weighted by molar-refractivity contribution is 0.408. The Morgan fingerprint density at radius 2 is 1.85 bits per heavy atom. The number of nitrogens with one attached hydrogen (secondary N) is 1. The SMILES string of the molecule is CCc1ccc(C(NCc2ccncn2)C(C)C)cc1. The molecule has 1 aromatic heterocycles. The Hall–Kier alpha value is -1.74. The van der Waals surface area contributed by atoms with E-state index in [1.165, 1.54) is 11.1 Å². The van der Waals surface area contributed by atoms with Crippen molar-refractivity contribution in [2.24, 2.45) is 5.92 Å². The van der Waals surface area contributed by atoms with Crippen LogP contribution >= 0.6 is 0 Å². The zero-order valence-corrected chi connectivity index (χ0v) is 12.5. The minimum absolute atomic E-state index is 0.343. The van der Waals surface area contributed by atoms with Gasteiger partial charge >= 0.3 is 0 Å². The number of rotatable bonds is 6. The van der Waals surface area contributed by atoms with E-state index in [-0.39, 0.29) is 0 Å². The molecule has 3 nitrogen and oxygen atoms in total. The Morgan fingerprint density at radius 3 is 2.40 bits per heavy atom. The normalized spacial score (nSPS) is 12.6. The molecule has 106 valence electrons. The Morgan fingerprint density at radius 1 is 1.10 bits per heavy atom. The van der Waals surface area contributed by atoms with Crippen molar-refractivity contribution in [1.82, 2.24) is 15.3 Å². The van der Waals surface area contributed by atoms with Gasteiger partial charge in [-0.05, 0) is 29.5 Å². The van der Waals surface area contributed by atoms with E-state index in [4.69, 9.17) is 0 Å². The molecular weight excluding hydrogens is 246 g/mol. The molecule has 0 bridgehead atoms. The summed E-state index contributed by atoms with van der Waals surface area (Å²) in [6, 6.07) is 11.2. The first-order valence-corrected chi connectivity index (χ1v) is 7.27. The van der Waals surface area contributed by atoms with Crippen LogP contribution in [0.25, 0.3) is 0 Å². The highest BCUT2D eigenvalue weighted by atomic mass is 14.9. The maximum atomic E-state index is 4.26. The minimum Gasteiger partial charge on any atom is -0.304 e. The second-order valence-corrected chi connectivity index (χ2v) is 5.40. The second-order valence-electron chi connectivity index (χ2n) is 5.40. The lowest BCUT2D eigenvalue weighted by atomic mass is 9.95. The van der Waals surface area contributed by atoms with Crippen LogP contribution in [-0.2, 0) is 13.0 Å². The van der Waals surface area contributed by atoms with Gasteiger partial charge in [-0.3, -0.25) is 0 Å². The highest BCUT2D eigenvalue weighted by Gasteiger charge is 2.15. The first-order valence-electron chi connectivity index (χ1n) is 7.27. The predicted molar refractivity (Wildman–Crippen MR) is 82.3 cm³/mol. The van der Waals surface area contributed by atoms with Crippen LogP contribution in [0.4, 0.5) is 0 Å². The number of hydrogen-bond acceptors (Lipinski definition) is 3. The first kappa shape index (κ1) is 14.7. The molecule has 1 atom stereocenters. The monoisotopic (exact) mass is 269 g/mol. The van der Waals surface area contributed by atoms with Crippen molar-refractivity contribution in [3.8, 4) is 0 Å². The van der Waals surface area contributed by atoms with Crippen molar-refractivity contribution in [3.05, 3.63) is 59.7 Å². The molecule has 3 heteroatoms. The standard InChI is InChI=1S/C17H23N3/c1-4-14-5-7-15(8-6-14)17(13(2)3)19-11-16-9-10-18-12-20-16/h5-10,12-13,17,19H,4,11H2,1-3H3. The smallest absolute Gasteiger partial charge is 0.115 e. The Bertz CT molecular complexity index is 506. The van der Waals surface area contributed by atoms with Gasteiger partial charge in [0.2, 0.25) is 0 Å². The van der Waals surface area contributed by atoms with Crippen LogP contribution in [0, 0.1) is 5.92 Å². The van der Waals surface area contributed by atoms with Gasteiger partial charge in [0, 0.05) is 18.8 Å². The van der Waals surface area contributed by atoms with E-state index in [9.17, 15) is 0 Å².